The molecule has 0 aliphatic rings. The predicted octanol–water partition coefficient (Wildman–Crippen LogP) is 1.71. The van der Waals surface area contributed by atoms with Gasteiger partial charge in [0.05, 0.1) is 0 Å². The second kappa shape index (κ2) is 3.09. The average molecular weight is 165 g/mol. The fourth-order valence-corrected chi connectivity index (χ4v) is 0.764. The second-order valence-corrected chi connectivity index (χ2v) is 3.78. The minimum absolute atomic E-state index is 0.0708. The summed E-state index contributed by atoms with van der Waals surface area (Å²) in [7, 11) is 2.00. The molecule has 0 saturated carbocycles. The summed E-state index contributed by atoms with van der Waals surface area (Å²) in [4.78, 5) is 10.4. The summed E-state index contributed by atoms with van der Waals surface area (Å²) in [5.74, 6) is 0.769. The maximum absolute atomic E-state index is 4.16. The van der Waals surface area contributed by atoms with E-state index in [0.29, 0.717) is 0 Å². The van der Waals surface area contributed by atoms with E-state index in [1.165, 1.54) is 0 Å². The van der Waals surface area contributed by atoms with Crippen LogP contribution in [0.1, 0.15) is 20.8 Å². The van der Waals surface area contributed by atoms with Gasteiger partial charge in [0.15, 0.2) is 0 Å². The van der Waals surface area contributed by atoms with Gasteiger partial charge in [-0.1, -0.05) is 0 Å². The molecule has 0 aliphatic heterocycles. The second-order valence-electron chi connectivity index (χ2n) is 3.78. The van der Waals surface area contributed by atoms with Crippen LogP contribution in [0.4, 0.5) is 5.95 Å². The van der Waals surface area contributed by atoms with Crippen molar-refractivity contribution in [1.29, 1.82) is 0 Å². The van der Waals surface area contributed by atoms with Crippen molar-refractivity contribution < 1.29 is 0 Å². The molecule has 1 aromatic heterocycles. The molecule has 0 radical (unpaired) electrons. The Morgan fingerprint density at radius 1 is 1.17 bits per heavy atom. The van der Waals surface area contributed by atoms with E-state index in [1.54, 1.807) is 12.4 Å². The highest BCUT2D eigenvalue weighted by atomic mass is 15.3. The highest BCUT2D eigenvalue weighted by Crippen LogP contribution is 2.15. The first kappa shape index (κ1) is 8.97. The normalized spacial score (nSPS) is 11.3. The van der Waals surface area contributed by atoms with Crippen molar-refractivity contribution in [3.63, 3.8) is 0 Å². The number of anilines is 1. The van der Waals surface area contributed by atoms with E-state index in [-0.39, 0.29) is 5.54 Å². The number of nitrogens with zero attached hydrogens (tertiary/aromatic N) is 3. The third kappa shape index (κ3) is 1.94. The average Bonchev–Trinajstić information content (AvgIpc) is 2.03. The van der Waals surface area contributed by atoms with Gasteiger partial charge in [-0.2, -0.15) is 0 Å². The molecule has 0 N–H and O–H groups in total. The predicted molar refractivity (Wildman–Crippen MR) is 50.2 cm³/mol. The summed E-state index contributed by atoms with van der Waals surface area (Å²) in [6.45, 7) is 6.38. The first-order valence-corrected chi connectivity index (χ1v) is 4.02. The molecule has 1 aromatic rings. The van der Waals surface area contributed by atoms with Gasteiger partial charge in [-0.25, -0.2) is 9.97 Å². The van der Waals surface area contributed by atoms with Gasteiger partial charge in [0.25, 0.3) is 0 Å². The molecule has 12 heavy (non-hydrogen) atoms. The fourth-order valence-electron chi connectivity index (χ4n) is 0.764. The summed E-state index contributed by atoms with van der Waals surface area (Å²) >= 11 is 0. The van der Waals surface area contributed by atoms with Gasteiger partial charge in [-0.05, 0) is 26.8 Å². The molecule has 1 rings (SSSR count). The molecule has 0 atom stereocenters. The van der Waals surface area contributed by atoms with E-state index in [2.05, 4.69) is 30.7 Å². The van der Waals surface area contributed by atoms with Gasteiger partial charge in [0.2, 0.25) is 5.95 Å². The van der Waals surface area contributed by atoms with Crippen LogP contribution >= 0.6 is 0 Å². The van der Waals surface area contributed by atoms with E-state index in [0.717, 1.165) is 5.95 Å². The largest absolute Gasteiger partial charge is 0.339 e. The molecule has 0 bridgehead atoms. The standard InChI is InChI=1S/C9H15N3/c1-9(2,3)12(4)8-10-6-5-7-11-8/h5-7H,1-4H3. The van der Waals surface area contributed by atoms with Crippen LogP contribution < -0.4 is 4.90 Å². The Labute approximate surface area is 73.5 Å². The summed E-state index contributed by atoms with van der Waals surface area (Å²) in [5.41, 5.74) is 0.0708. The SMILES string of the molecule is CN(c1ncccn1)C(C)(C)C. The Morgan fingerprint density at radius 3 is 2.08 bits per heavy atom. The third-order valence-electron chi connectivity index (χ3n) is 1.86. The maximum atomic E-state index is 4.16. The lowest BCUT2D eigenvalue weighted by atomic mass is 10.1. The van der Waals surface area contributed by atoms with Crippen LogP contribution in [0.15, 0.2) is 18.5 Å². The van der Waals surface area contributed by atoms with Crippen LogP contribution in [-0.2, 0) is 0 Å². The van der Waals surface area contributed by atoms with Crippen LogP contribution in [0.5, 0.6) is 0 Å². The van der Waals surface area contributed by atoms with Gasteiger partial charge >= 0.3 is 0 Å². The summed E-state index contributed by atoms with van der Waals surface area (Å²) in [6.07, 6.45) is 3.51. The Balaban J connectivity index is 2.86. The van der Waals surface area contributed by atoms with Gasteiger partial charge in [-0.15, -0.1) is 0 Å². The van der Waals surface area contributed by atoms with Gasteiger partial charge in [0.1, 0.15) is 0 Å². The van der Waals surface area contributed by atoms with Crippen LogP contribution in [0.3, 0.4) is 0 Å². The zero-order chi connectivity index (χ0) is 9.19. The van der Waals surface area contributed by atoms with Crippen LogP contribution in [0.2, 0.25) is 0 Å². The molecule has 1 heterocycles. The van der Waals surface area contributed by atoms with Crippen molar-refractivity contribution in [2.24, 2.45) is 0 Å². The van der Waals surface area contributed by atoms with Crippen molar-refractivity contribution in [3.05, 3.63) is 18.5 Å². The zero-order valence-electron chi connectivity index (χ0n) is 8.07. The molecule has 3 nitrogen and oxygen atoms in total. The number of rotatable bonds is 1. The van der Waals surface area contributed by atoms with Crippen LogP contribution in [0.25, 0.3) is 0 Å². The monoisotopic (exact) mass is 165 g/mol. The topological polar surface area (TPSA) is 29.0 Å². The zero-order valence-corrected chi connectivity index (χ0v) is 8.07. The smallest absolute Gasteiger partial charge is 0.225 e. The highest BCUT2D eigenvalue weighted by Gasteiger charge is 2.18. The summed E-state index contributed by atoms with van der Waals surface area (Å²) in [5, 5.41) is 0. The fraction of sp³-hybridized carbons (Fsp3) is 0.556. The van der Waals surface area contributed by atoms with Gasteiger partial charge < -0.3 is 4.90 Å². The van der Waals surface area contributed by atoms with Crippen LogP contribution in [-0.4, -0.2) is 22.6 Å². The lowest BCUT2D eigenvalue weighted by molar-refractivity contribution is 0.528. The summed E-state index contributed by atoms with van der Waals surface area (Å²) < 4.78 is 0. The maximum Gasteiger partial charge on any atom is 0.225 e. The van der Waals surface area contributed by atoms with Crippen molar-refractivity contribution >= 4 is 5.95 Å². The molecule has 0 aliphatic carbocycles. The van der Waals surface area contributed by atoms with Crippen molar-refractivity contribution in [2.75, 3.05) is 11.9 Å². The molecule has 66 valence electrons. The Bertz CT molecular complexity index is 238. The third-order valence-corrected chi connectivity index (χ3v) is 1.86. The Kier molecular flexibility index (Phi) is 2.31. The lowest BCUT2D eigenvalue weighted by Gasteiger charge is -2.31. The molecular formula is C9H15N3. The van der Waals surface area contributed by atoms with Crippen LogP contribution in [0, 0.1) is 0 Å². The summed E-state index contributed by atoms with van der Waals surface area (Å²) in [6, 6.07) is 1.82. The Hall–Kier alpha value is -1.12. The van der Waals surface area contributed by atoms with E-state index in [9.17, 15) is 0 Å². The molecule has 0 amide bonds. The van der Waals surface area contributed by atoms with E-state index >= 15 is 0 Å². The molecule has 3 heteroatoms. The molecular weight excluding hydrogens is 150 g/mol. The van der Waals surface area contributed by atoms with Crippen molar-refractivity contribution in [2.45, 2.75) is 26.3 Å². The number of hydrogen-bond acceptors (Lipinski definition) is 3. The Morgan fingerprint density at radius 2 is 1.67 bits per heavy atom. The van der Waals surface area contributed by atoms with Gasteiger partial charge in [-0.3, -0.25) is 0 Å². The minimum atomic E-state index is 0.0708. The first-order valence-electron chi connectivity index (χ1n) is 4.02. The number of aromatic nitrogens is 2. The van der Waals surface area contributed by atoms with E-state index in [1.807, 2.05) is 18.0 Å². The number of hydrogen-bond donors (Lipinski definition) is 0. The molecule has 0 fully saturated rings. The van der Waals surface area contributed by atoms with E-state index in [4.69, 9.17) is 0 Å². The molecule has 0 spiro atoms. The molecule has 0 aromatic carbocycles. The molecule has 0 unspecified atom stereocenters. The van der Waals surface area contributed by atoms with E-state index < -0.39 is 0 Å². The van der Waals surface area contributed by atoms with Crippen molar-refractivity contribution in [1.82, 2.24) is 9.97 Å². The molecule has 0 saturated heterocycles. The quantitative estimate of drug-likeness (QED) is 0.634. The lowest BCUT2D eigenvalue weighted by Crippen LogP contribution is -2.39. The highest BCUT2D eigenvalue weighted by molar-refractivity contribution is 5.30. The minimum Gasteiger partial charge on any atom is -0.339 e. The van der Waals surface area contributed by atoms with Crippen molar-refractivity contribution in [3.8, 4) is 0 Å². The first-order chi connectivity index (χ1) is 5.52. The van der Waals surface area contributed by atoms with Gasteiger partial charge in [0, 0.05) is 25.0 Å².